The molecule has 162 valence electrons. The van der Waals surface area contributed by atoms with E-state index in [1.165, 1.54) is 0 Å². The van der Waals surface area contributed by atoms with Crippen LogP contribution in [0.5, 0.6) is 0 Å². The van der Waals surface area contributed by atoms with Crippen molar-refractivity contribution in [2.75, 3.05) is 52.8 Å². The van der Waals surface area contributed by atoms with Crippen molar-refractivity contribution in [2.24, 2.45) is 0 Å². The Bertz CT molecular complexity index is 345. The summed E-state index contributed by atoms with van der Waals surface area (Å²) in [5.41, 5.74) is 0. The Morgan fingerprint density at radius 2 is 1.52 bits per heavy atom. The van der Waals surface area contributed by atoms with Gasteiger partial charge in [0.15, 0.2) is 6.29 Å². The number of rotatable bonds is 19. The van der Waals surface area contributed by atoms with Gasteiger partial charge in [0, 0.05) is 39.1 Å². The van der Waals surface area contributed by atoms with E-state index in [4.69, 9.17) is 32.6 Å². The third kappa shape index (κ3) is 14.0. The number of carbonyl (C=O) groups is 1. The topological polar surface area (TPSA) is 105 Å². The van der Waals surface area contributed by atoms with E-state index < -0.39 is 21.2 Å². The smallest absolute Gasteiger partial charge is 0.465 e. The number of ether oxygens (including phenoxy) is 3. The molecular formula is C17H37NO8Si. The van der Waals surface area contributed by atoms with Crippen molar-refractivity contribution in [3.8, 4) is 0 Å². The van der Waals surface area contributed by atoms with Crippen LogP contribution in [0.15, 0.2) is 0 Å². The molecule has 1 amide bonds. The molecule has 0 radical (unpaired) electrons. The molecule has 0 spiro atoms. The van der Waals surface area contributed by atoms with Crippen LogP contribution >= 0.6 is 0 Å². The van der Waals surface area contributed by atoms with E-state index in [1.807, 2.05) is 27.7 Å². The Morgan fingerprint density at radius 3 is 2.04 bits per heavy atom. The molecule has 0 aromatic rings. The predicted octanol–water partition coefficient (Wildman–Crippen LogP) is 2.48. The van der Waals surface area contributed by atoms with Crippen LogP contribution in [0.2, 0.25) is 6.04 Å². The highest BCUT2D eigenvalue weighted by atomic mass is 28.4. The maximum Gasteiger partial charge on any atom is 0.500 e. The minimum Gasteiger partial charge on any atom is -0.465 e. The minimum absolute atomic E-state index is 0.0855. The van der Waals surface area contributed by atoms with Crippen LogP contribution in [-0.4, -0.2) is 79.1 Å². The van der Waals surface area contributed by atoms with Gasteiger partial charge in [-0.1, -0.05) is 0 Å². The number of unbranched alkanes of at least 4 members (excludes halogenated alkanes) is 1. The molecule has 1 atom stereocenters. The Balaban J connectivity index is 3.91. The van der Waals surface area contributed by atoms with Gasteiger partial charge in [-0.3, -0.25) is 0 Å². The van der Waals surface area contributed by atoms with Crippen LogP contribution in [0.4, 0.5) is 4.79 Å². The first-order chi connectivity index (χ1) is 13.0. The lowest BCUT2D eigenvalue weighted by atomic mass is 10.4. The first kappa shape index (κ1) is 26.2. The Hall–Kier alpha value is -0.753. The van der Waals surface area contributed by atoms with Crippen molar-refractivity contribution in [1.82, 2.24) is 5.32 Å². The maximum absolute atomic E-state index is 10.5. The maximum atomic E-state index is 10.5. The van der Waals surface area contributed by atoms with Gasteiger partial charge < -0.3 is 37.9 Å². The second kappa shape index (κ2) is 17.4. The van der Waals surface area contributed by atoms with Crippen molar-refractivity contribution >= 4 is 14.9 Å². The standard InChI is InChI=1S/C17H37NO8Si/c1-5-22-16(15-18-17(19)20)23-13-12-21-11-9-10-14-27(24-6-2,25-7-3)26-8-4/h16,18H,5-15H2,1-4H3,(H,19,20). The summed E-state index contributed by atoms with van der Waals surface area (Å²) in [6, 6.07) is 0.773. The molecule has 0 aliphatic heterocycles. The van der Waals surface area contributed by atoms with Crippen molar-refractivity contribution in [3.05, 3.63) is 0 Å². The van der Waals surface area contributed by atoms with Crippen LogP contribution in [0, 0.1) is 0 Å². The predicted molar refractivity (Wildman–Crippen MR) is 103 cm³/mol. The van der Waals surface area contributed by atoms with Crippen molar-refractivity contribution < 1.29 is 37.4 Å². The number of nitrogens with one attached hydrogen (secondary N) is 1. The molecular weight excluding hydrogens is 374 g/mol. The van der Waals surface area contributed by atoms with Crippen molar-refractivity contribution in [1.29, 1.82) is 0 Å². The summed E-state index contributed by atoms with van der Waals surface area (Å²) in [6.45, 7) is 11.3. The second-order valence-electron chi connectivity index (χ2n) is 5.49. The lowest BCUT2D eigenvalue weighted by Gasteiger charge is -2.28. The molecule has 9 nitrogen and oxygen atoms in total. The third-order valence-electron chi connectivity index (χ3n) is 3.42. The van der Waals surface area contributed by atoms with Crippen LogP contribution in [0.3, 0.4) is 0 Å². The van der Waals surface area contributed by atoms with Crippen molar-refractivity contribution in [2.45, 2.75) is 52.9 Å². The van der Waals surface area contributed by atoms with Gasteiger partial charge in [0.1, 0.15) is 0 Å². The zero-order valence-corrected chi connectivity index (χ0v) is 18.2. The minimum atomic E-state index is -2.57. The molecule has 0 bridgehead atoms. The zero-order valence-electron chi connectivity index (χ0n) is 17.2. The summed E-state index contributed by atoms with van der Waals surface area (Å²) in [7, 11) is -2.57. The van der Waals surface area contributed by atoms with Gasteiger partial charge in [-0.05, 0) is 40.5 Å². The highest BCUT2D eigenvalue weighted by Gasteiger charge is 2.39. The lowest BCUT2D eigenvalue weighted by molar-refractivity contribution is -0.144. The van der Waals surface area contributed by atoms with Crippen LogP contribution in [-0.2, 0) is 27.5 Å². The van der Waals surface area contributed by atoms with Crippen LogP contribution in [0.1, 0.15) is 40.5 Å². The zero-order chi connectivity index (χ0) is 20.4. The quantitative estimate of drug-likeness (QED) is 0.190. The van der Waals surface area contributed by atoms with E-state index >= 15 is 0 Å². The van der Waals surface area contributed by atoms with E-state index in [-0.39, 0.29) is 6.54 Å². The molecule has 2 N–H and O–H groups in total. The fourth-order valence-electron chi connectivity index (χ4n) is 2.41. The molecule has 0 saturated heterocycles. The monoisotopic (exact) mass is 411 g/mol. The summed E-state index contributed by atoms with van der Waals surface area (Å²) in [4.78, 5) is 10.5. The SMILES string of the molecule is CCOC(CNC(=O)O)OCCOCCCC[Si](OCC)(OCC)OCC. The summed E-state index contributed by atoms with van der Waals surface area (Å²) >= 11 is 0. The Labute approximate surface area is 164 Å². The molecule has 0 aliphatic rings. The van der Waals surface area contributed by atoms with Gasteiger partial charge in [-0.25, -0.2) is 4.79 Å². The molecule has 0 heterocycles. The van der Waals surface area contributed by atoms with Gasteiger partial charge in [0.2, 0.25) is 0 Å². The van der Waals surface area contributed by atoms with E-state index in [1.54, 1.807) is 0 Å². The Kier molecular flexibility index (Phi) is 16.9. The first-order valence-corrected chi connectivity index (χ1v) is 11.7. The largest absolute Gasteiger partial charge is 0.500 e. The highest BCUT2D eigenvalue weighted by molar-refractivity contribution is 6.60. The Morgan fingerprint density at radius 1 is 0.889 bits per heavy atom. The normalized spacial score (nSPS) is 12.9. The van der Waals surface area contributed by atoms with Gasteiger partial charge in [-0.2, -0.15) is 0 Å². The molecule has 0 fully saturated rings. The fourth-order valence-corrected chi connectivity index (χ4v) is 5.10. The number of hydrogen-bond acceptors (Lipinski definition) is 7. The van der Waals surface area contributed by atoms with Crippen molar-refractivity contribution in [3.63, 3.8) is 0 Å². The van der Waals surface area contributed by atoms with Gasteiger partial charge >= 0.3 is 14.9 Å². The summed E-state index contributed by atoms with van der Waals surface area (Å²) in [6.07, 6.45) is 0.0597. The highest BCUT2D eigenvalue weighted by Crippen LogP contribution is 2.19. The average Bonchev–Trinajstić information content (AvgIpc) is 2.62. The lowest BCUT2D eigenvalue weighted by Crippen LogP contribution is -2.45. The summed E-state index contributed by atoms with van der Waals surface area (Å²) < 4.78 is 33.8. The molecule has 0 aromatic carbocycles. The molecule has 0 aromatic heterocycles. The van der Waals surface area contributed by atoms with Gasteiger partial charge in [0.05, 0.1) is 19.8 Å². The average molecular weight is 412 g/mol. The third-order valence-corrected chi connectivity index (χ3v) is 6.57. The molecule has 0 aliphatic carbocycles. The van der Waals surface area contributed by atoms with Crippen LogP contribution in [0.25, 0.3) is 0 Å². The van der Waals surface area contributed by atoms with Gasteiger partial charge in [-0.15, -0.1) is 0 Å². The molecule has 0 saturated carbocycles. The second-order valence-corrected chi connectivity index (χ2v) is 8.23. The molecule has 27 heavy (non-hydrogen) atoms. The van der Waals surface area contributed by atoms with Crippen LogP contribution < -0.4 is 5.32 Å². The fraction of sp³-hybridized carbons (Fsp3) is 0.941. The number of amides is 1. The van der Waals surface area contributed by atoms with E-state index in [0.717, 1.165) is 18.9 Å². The number of hydrogen-bond donors (Lipinski definition) is 2. The molecule has 1 unspecified atom stereocenters. The van der Waals surface area contributed by atoms with E-state index in [9.17, 15) is 4.79 Å². The number of carboxylic acid groups (broad SMARTS) is 1. The molecule has 10 heteroatoms. The van der Waals surface area contributed by atoms with Gasteiger partial charge in [0.25, 0.3) is 0 Å². The molecule has 0 rings (SSSR count). The van der Waals surface area contributed by atoms with E-state index in [2.05, 4.69) is 5.32 Å². The van der Waals surface area contributed by atoms with E-state index in [0.29, 0.717) is 46.2 Å². The summed E-state index contributed by atoms with van der Waals surface area (Å²) in [5, 5.41) is 10.8. The summed E-state index contributed by atoms with van der Waals surface area (Å²) in [5.74, 6) is 0. The first-order valence-electron chi connectivity index (χ1n) is 9.73.